The third-order valence-electron chi connectivity index (χ3n) is 7.58. The van der Waals surface area contributed by atoms with Gasteiger partial charge in [0, 0.05) is 40.8 Å². The number of aromatic nitrogens is 3. The minimum atomic E-state index is -0.736. The third-order valence-corrected chi connectivity index (χ3v) is 8.33. The second-order valence-corrected chi connectivity index (χ2v) is 11.6. The molecule has 1 unspecified atom stereocenters. The maximum atomic E-state index is 14.4. The molecule has 9 nitrogen and oxygen atoms in total. The third kappa shape index (κ3) is 6.20. The number of hydrogen-bond donors (Lipinski definition) is 1. The zero-order valence-corrected chi connectivity index (χ0v) is 24.2. The van der Waals surface area contributed by atoms with Gasteiger partial charge in [-0.05, 0) is 74.9 Å². The first kappa shape index (κ1) is 28.2. The van der Waals surface area contributed by atoms with Gasteiger partial charge >= 0.3 is 6.03 Å². The molecule has 0 bridgehead atoms. The van der Waals surface area contributed by atoms with Crippen LogP contribution in [-0.4, -0.2) is 56.9 Å². The van der Waals surface area contributed by atoms with E-state index in [2.05, 4.69) is 31.6 Å². The second kappa shape index (κ2) is 12.1. The van der Waals surface area contributed by atoms with E-state index >= 15 is 0 Å². The Morgan fingerprint density at radius 2 is 1.90 bits per heavy atom. The molecule has 2 aliphatic rings. The van der Waals surface area contributed by atoms with E-state index in [4.69, 9.17) is 11.6 Å². The molecular formula is C28H29BrClFN6O3. The van der Waals surface area contributed by atoms with Crippen LogP contribution in [0.15, 0.2) is 53.1 Å². The molecule has 4 amide bonds. The number of likely N-dealkylation sites (tertiary alicyclic amines) is 1. The van der Waals surface area contributed by atoms with Gasteiger partial charge in [0.05, 0.1) is 17.4 Å². The van der Waals surface area contributed by atoms with Gasteiger partial charge in [-0.1, -0.05) is 38.8 Å². The Morgan fingerprint density at radius 3 is 2.60 bits per heavy atom. The molecule has 0 aliphatic carbocycles. The van der Waals surface area contributed by atoms with Crippen molar-refractivity contribution in [2.75, 3.05) is 18.0 Å². The van der Waals surface area contributed by atoms with E-state index in [1.54, 1.807) is 41.1 Å². The maximum Gasteiger partial charge on any atom is 0.329 e. The van der Waals surface area contributed by atoms with Crippen molar-refractivity contribution in [3.8, 4) is 0 Å². The van der Waals surface area contributed by atoms with Gasteiger partial charge in [0.2, 0.25) is 5.91 Å². The summed E-state index contributed by atoms with van der Waals surface area (Å²) in [7, 11) is 0. The summed E-state index contributed by atoms with van der Waals surface area (Å²) in [5.74, 6) is -0.335. The summed E-state index contributed by atoms with van der Waals surface area (Å²) in [6.45, 7) is 3.13. The van der Waals surface area contributed by atoms with Crippen molar-refractivity contribution in [2.24, 2.45) is 5.92 Å². The number of nitrogens with one attached hydrogen (secondary N) is 1. The first-order valence-electron chi connectivity index (χ1n) is 13.2. The zero-order chi connectivity index (χ0) is 28.4. The number of benzene rings is 2. The predicted octanol–water partition coefficient (Wildman–Crippen LogP) is 5.13. The first-order valence-corrected chi connectivity index (χ1v) is 14.4. The first-order chi connectivity index (χ1) is 19.2. The van der Waals surface area contributed by atoms with Gasteiger partial charge in [0.25, 0.3) is 5.91 Å². The number of carbonyl (C=O) groups is 3. The summed E-state index contributed by atoms with van der Waals surface area (Å²) in [5, 5.41) is 11.7. The average Bonchev–Trinajstić information content (AvgIpc) is 3.51. The van der Waals surface area contributed by atoms with E-state index in [1.807, 2.05) is 18.0 Å². The maximum absolute atomic E-state index is 14.4. The van der Waals surface area contributed by atoms with Crippen LogP contribution in [-0.2, 0) is 16.0 Å². The number of anilines is 1. The topological polar surface area (TPSA) is 100 Å². The minimum absolute atomic E-state index is 0.0262. The van der Waals surface area contributed by atoms with Gasteiger partial charge in [0.15, 0.2) is 0 Å². The molecule has 12 heteroatoms. The van der Waals surface area contributed by atoms with Crippen molar-refractivity contribution < 1.29 is 18.8 Å². The molecule has 0 radical (unpaired) electrons. The van der Waals surface area contributed by atoms with Gasteiger partial charge < -0.3 is 10.2 Å². The standard InChI is InChI=1S/C28H29BrClFN6O3/c1-17(23-7-2-19(29)15-24(23)31)36-16-21(33-34-36)14-18-10-12-35(13-11-18)26(38)9-8-25-27(39)37(28(40)32-25)22-5-3-20(30)4-6-22/h2-7,15-18,25H,8-14H2,1H3,(H,32,40)/t17-,25?/m1/s1. The van der Waals surface area contributed by atoms with Crippen LogP contribution in [0, 0.1) is 11.7 Å². The minimum Gasteiger partial charge on any atom is -0.343 e. The molecule has 2 saturated heterocycles. The van der Waals surface area contributed by atoms with Gasteiger partial charge in [-0.2, -0.15) is 0 Å². The number of piperidine rings is 1. The highest BCUT2D eigenvalue weighted by Gasteiger charge is 2.39. The SMILES string of the molecule is C[C@H](c1ccc(Br)cc1F)n1cc(CC2CCN(C(=O)CCC3NC(=O)N(c4ccc(Cl)cc4)C3=O)CC2)nn1. The van der Waals surface area contributed by atoms with Crippen LogP contribution < -0.4 is 10.2 Å². The summed E-state index contributed by atoms with van der Waals surface area (Å²) in [5.41, 5.74) is 1.83. The monoisotopic (exact) mass is 630 g/mol. The van der Waals surface area contributed by atoms with E-state index in [0.29, 0.717) is 39.8 Å². The number of hydrogen-bond acceptors (Lipinski definition) is 5. The van der Waals surface area contributed by atoms with E-state index in [1.165, 1.54) is 6.07 Å². The van der Waals surface area contributed by atoms with Crippen LogP contribution in [0.1, 0.15) is 49.9 Å². The Labute approximate surface area is 244 Å². The molecule has 210 valence electrons. The number of nitrogens with zero attached hydrogens (tertiary/aromatic N) is 5. The predicted molar refractivity (Wildman–Crippen MR) is 151 cm³/mol. The van der Waals surface area contributed by atoms with Gasteiger partial charge in [-0.3, -0.25) is 9.59 Å². The molecule has 3 heterocycles. The molecule has 40 heavy (non-hydrogen) atoms. The van der Waals surface area contributed by atoms with Crippen molar-refractivity contribution in [1.82, 2.24) is 25.2 Å². The van der Waals surface area contributed by atoms with Crippen LogP contribution in [0.3, 0.4) is 0 Å². The molecule has 1 aromatic heterocycles. The number of halogens is 3. The van der Waals surface area contributed by atoms with Crippen LogP contribution in [0.25, 0.3) is 0 Å². The van der Waals surface area contributed by atoms with Crippen molar-refractivity contribution in [2.45, 2.75) is 51.1 Å². The van der Waals surface area contributed by atoms with E-state index in [9.17, 15) is 18.8 Å². The number of carbonyl (C=O) groups excluding carboxylic acids is 3. The fourth-order valence-electron chi connectivity index (χ4n) is 5.25. The highest BCUT2D eigenvalue weighted by Crippen LogP contribution is 2.26. The Hall–Kier alpha value is -3.31. The second-order valence-electron chi connectivity index (χ2n) is 10.3. The summed E-state index contributed by atoms with van der Waals surface area (Å²) >= 11 is 9.19. The summed E-state index contributed by atoms with van der Waals surface area (Å²) < 4.78 is 16.7. The Kier molecular flexibility index (Phi) is 8.51. The lowest BCUT2D eigenvalue weighted by atomic mass is 9.92. The lowest BCUT2D eigenvalue weighted by Crippen LogP contribution is -2.40. The molecule has 1 N–H and O–H groups in total. The number of rotatable bonds is 8. The fourth-order valence-corrected chi connectivity index (χ4v) is 5.71. The molecule has 0 saturated carbocycles. The van der Waals surface area contributed by atoms with Crippen molar-refractivity contribution in [3.05, 3.63) is 75.2 Å². The number of amides is 4. The van der Waals surface area contributed by atoms with Crippen LogP contribution >= 0.6 is 27.5 Å². The molecule has 0 spiro atoms. The average molecular weight is 632 g/mol. The van der Waals surface area contributed by atoms with E-state index < -0.39 is 12.1 Å². The Balaban J connectivity index is 1.08. The molecule has 2 atom stereocenters. The molecule has 2 aliphatic heterocycles. The van der Waals surface area contributed by atoms with Crippen molar-refractivity contribution in [1.29, 1.82) is 0 Å². The summed E-state index contributed by atoms with van der Waals surface area (Å²) in [6.07, 6.45) is 4.69. The van der Waals surface area contributed by atoms with Crippen LogP contribution in [0.2, 0.25) is 5.02 Å². The Bertz CT molecular complexity index is 1410. The summed E-state index contributed by atoms with van der Waals surface area (Å²) in [4.78, 5) is 41.0. The highest BCUT2D eigenvalue weighted by molar-refractivity contribution is 9.10. The molecule has 3 aromatic rings. The molecule has 2 aromatic carbocycles. The zero-order valence-electron chi connectivity index (χ0n) is 21.9. The molecule has 2 fully saturated rings. The van der Waals surface area contributed by atoms with Crippen LogP contribution in [0.4, 0.5) is 14.9 Å². The van der Waals surface area contributed by atoms with Crippen molar-refractivity contribution >= 4 is 51.1 Å². The quantitative estimate of drug-likeness (QED) is 0.348. The van der Waals surface area contributed by atoms with Crippen LogP contribution in [0.5, 0.6) is 0 Å². The molecule has 5 rings (SSSR count). The largest absolute Gasteiger partial charge is 0.343 e. The smallest absolute Gasteiger partial charge is 0.329 e. The molecular weight excluding hydrogens is 603 g/mol. The van der Waals surface area contributed by atoms with Gasteiger partial charge in [-0.15, -0.1) is 5.10 Å². The lowest BCUT2D eigenvalue weighted by Gasteiger charge is -2.32. The van der Waals surface area contributed by atoms with E-state index in [0.717, 1.165) is 29.9 Å². The van der Waals surface area contributed by atoms with Crippen molar-refractivity contribution in [3.63, 3.8) is 0 Å². The normalized spacial score (nSPS) is 18.8. The van der Waals surface area contributed by atoms with Gasteiger partial charge in [-0.25, -0.2) is 18.8 Å². The Morgan fingerprint density at radius 1 is 1.18 bits per heavy atom. The number of imide groups is 1. The van der Waals surface area contributed by atoms with E-state index in [-0.39, 0.29) is 36.5 Å². The highest BCUT2D eigenvalue weighted by atomic mass is 79.9. The lowest BCUT2D eigenvalue weighted by molar-refractivity contribution is -0.132. The number of urea groups is 1. The van der Waals surface area contributed by atoms with Gasteiger partial charge in [0.1, 0.15) is 11.9 Å². The summed E-state index contributed by atoms with van der Waals surface area (Å²) in [6, 6.07) is 9.92. The fraction of sp³-hybridized carbons (Fsp3) is 0.393.